The second-order valence-corrected chi connectivity index (χ2v) is 2.99. The summed E-state index contributed by atoms with van der Waals surface area (Å²) >= 11 is 0. The average Bonchev–Trinajstić information content (AvgIpc) is 2.18. The van der Waals surface area contributed by atoms with E-state index in [9.17, 15) is 4.79 Å². The van der Waals surface area contributed by atoms with E-state index in [2.05, 4.69) is 4.98 Å². The summed E-state index contributed by atoms with van der Waals surface area (Å²) in [6.45, 7) is 0. The molecule has 0 saturated heterocycles. The first kappa shape index (κ1) is 8.99. The van der Waals surface area contributed by atoms with E-state index >= 15 is 0 Å². The van der Waals surface area contributed by atoms with E-state index in [0.717, 1.165) is 0 Å². The quantitative estimate of drug-likeness (QED) is 0.514. The van der Waals surface area contributed by atoms with Crippen LogP contribution in [-0.2, 0) is 0 Å². The van der Waals surface area contributed by atoms with Crippen LogP contribution in [0.3, 0.4) is 0 Å². The Balaban J connectivity index is 2.89. The maximum Gasteiger partial charge on any atom is 0.490 e. The molecule has 0 fully saturated rings. The normalized spacial score (nSPS) is 10.4. The van der Waals surface area contributed by atoms with E-state index < -0.39 is 7.12 Å². The molecule has 2 rings (SSSR count). The second-order valence-electron chi connectivity index (χ2n) is 2.99. The molecule has 4 nitrogen and oxygen atoms in total. The molecule has 14 heavy (non-hydrogen) atoms. The van der Waals surface area contributed by atoms with Gasteiger partial charge < -0.3 is 15.0 Å². The van der Waals surface area contributed by atoms with E-state index in [1.165, 1.54) is 6.20 Å². The van der Waals surface area contributed by atoms with Crippen LogP contribution < -0.4 is 11.0 Å². The molecule has 1 aromatic carbocycles. The molecular formula is C9H8BNO3. The first-order chi connectivity index (χ1) is 6.70. The lowest BCUT2D eigenvalue weighted by atomic mass is 9.78. The first-order valence-corrected chi connectivity index (χ1v) is 4.16. The summed E-state index contributed by atoms with van der Waals surface area (Å²) in [7, 11) is -1.57. The number of rotatable bonds is 1. The van der Waals surface area contributed by atoms with Crippen molar-refractivity contribution in [3.63, 3.8) is 0 Å². The van der Waals surface area contributed by atoms with Crippen molar-refractivity contribution >= 4 is 23.4 Å². The molecule has 0 aliphatic heterocycles. The Kier molecular flexibility index (Phi) is 2.11. The number of pyridine rings is 1. The average molecular weight is 189 g/mol. The highest BCUT2D eigenvalue weighted by molar-refractivity contribution is 6.61. The van der Waals surface area contributed by atoms with Crippen molar-refractivity contribution in [3.05, 3.63) is 40.8 Å². The lowest BCUT2D eigenvalue weighted by Gasteiger charge is -2.03. The first-order valence-electron chi connectivity index (χ1n) is 4.16. The van der Waals surface area contributed by atoms with Crippen LogP contribution in [0.1, 0.15) is 0 Å². The van der Waals surface area contributed by atoms with Crippen LogP contribution in [0, 0.1) is 0 Å². The Labute approximate surface area is 80.0 Å². The molecule has 0 amide bonds. The van der Waals surface area contributed by atoms with Crippen molar-refractivity contribution in [1.29, 1.82) is 0 Å². The van der Waals surface area contributed by atoms with Crippen LogP contribution >= 0.6 is 0 Å². The zero-order valence-corrected chi connectivity index (χ0v) is 7.27. The number of nitrogens with one attached hydrogen (secondary N) is 1. The number of hydrogen-bond donors (Lipinski definition) is 3. The van der Waals surface area contributed by atoms with Crippen molar-refractivity contribution in [3.8, 4) is 0 Å². The van der Waals surface area contributed by atoms with E-state index in [-0.39, 0.29) is 5.56 Å². The molecule has 3 N–H and O–H groups in total. The molecule has 0 radical (unpaired) electrons. The third kappa shape index (κ3) is 1.32. The standard InChI is InChI=1S/C9H8BNO3/c12-9-7-4-2-1-3-6(7)8(5-11-9)10(13)14/h1-5,13-14H,(H,11,12). The summed E-state index contributed by atoms with van der Waals surface area (Å²) < 4.78 is 0. The molecule has 0 aliphatic carbocycles. The monoisotopic (exact) mass is 189 g/mol. The third-order valence-corrected chi connectivity index (χ3v) is 2.12. The largest absolute Gasteiger partial charge is 0.490 e. The van der Waals surface area contributed by atoms with Crippen molar-refractivity contribution in [2.45, 2.75) is 0 Å². The predicted octanol–water partition coefficient (Wildman–Crippen LogP) is -0.792. The minimum atomic E-state index is -1.57. The van der Waals surface area contributed by atoms with E-state index in [0.29, 0.717) is 16.2 Å². The zero-order valence-electron chi connectivity index (χ0n) is 7.27. The number of hydrogen-bond acceptors (Lipinski definition) is 3. The van der Waals surface area contributed by atoms with Gasteiger partial charge in [-0.15, -0.1) is 0 Å². The van der Waals surface area contributed by atoms with Gasteiger partial charge in [-0.3, -0.25) is 4.79 Å². The number of aromatic nitrogens is 1. The molecule has 0 atom stereocenters. The number of fused-ring (bicyclic) bond motifs is 1. The zero-order chi connectivity index (χ0) is 10.1. The third-order valence-electron chi connectivity index (χ3n) is 2.12. The lowest BCUT2D eigenvalue weighted by Crippen LogP contribution is -2.32. The van der Waals surface area contributed by atoms with Crippen LogP contribution in [0.5, 0.6) is 0 Å². The van der Waals surface area contributed by atoms with Gasteiger partial charge >= 0.3 is 7.12 Å². The van der Waals surface area contributed by atoms with Crippen LogP contribution in [0.4, 0.5) is 0 Å². The van der Waals surface area contributed by atoms with Gasteiger partial charge in [0.15, 0.2) is 0 Å². The molecular weight excluding hydrogens is 181 g/mol. The van der Waals surface area contributed by atoms with Gasteiger partial charge in [-0.25, -0.2) is 0 Å². The van der Waals surface area contributed by atoms with Crippen LogP contribution in [0.2, 0.25) is 0 Å². The highest BCUT2D eigenvalue weighted by Gasteiger charge is 2.15. The van der Waals surface area contributed by atoms with Gasteiger partial charge in [-0.2, -0.15) is 0 Å². The van der Waals surface area contributed by atoms with Crippen molar-refractivity contribution in [2.24, 2.45) is 0 Å². The Bertz CT molecular complexity index is 521. The van der Waals surface area contributed by atoms with Gasteiger partial charge in [0.25, 0.3) is 5.56 Å². The fraction of sp³-hybridized carbons (Fsp3) is 0. The molecule has 0 saturated carbocycles. The van der Waals surface area contributed by atoms with Crippen molar-refractivity contribution < 1.29 is 10.0 Å². The van der Waals surface area contributed by atoms with Crippen LogP contribution in [0.15, 0.2) is 35.3 Å². The van der Waals surface area contributed by atoms with Crippen molar-refractivity contribution in [1.82, 2.24) is 4.98 Å². The topological polar surface area (TPSA) is 73.3 Å². The maximum atomic E-state index is 11.3. The predicted molar refractivity (Wildman–Crippen MR) is 54.4 cm³/mol. The van der Waals surface area contributed by atoms with Gasteiger partial charge in [0, 0.05) is 17.0 Å². The molecule has 5 heteroatoms. The molecule has 2 aromatic rings. The van der Waals surface area contributed by atoms with Crippen LogP contribution in [0.25, 0.3) is 10.8 Å². The second kappa shape index (κ2) is 3.28. The Morgan fingerprint density at radius 1 is 1.14 bits per heavy atom. The number of benzene rings is 1. The molecule has 0 unspecified atom stereocenters. The van der Waals surface area contributed by atoms with Gasteiger partial charge in [-0.05, 0) is 11.5 Å². The fourth-order valence-electron chi connectivity index (χ4n) is 1.45. The smallest absolute Gasteiger partial charge is 0.423 e. The van der Waals surface area contributed by atoms with Gasteiger partial charge in [0.2, 0.25) is 0 Å². The molecule has 0 bridgehead atoms. The van der Waals surface area contributed by atoms with Gasteiger partial charge in [0.05, 0.1) is 0 Å². The summed E-state index contributed by atoms with van der Waals surface area (Å²) in [6, 6.07) is 6.79. The summed E-state index contributed by atoms with van der Waals surface area (Å²) in [5.74, 6) is 0. The molecule has 0 aliphatic rings. The molecule has 1 heterocycles. The highest BCUT2D eigenvalue weighted by atomic mass is 16.4. The van der Waals surface area contributed by atoms with Crippen molar-refractivity contribution in [2.75, 3.05) is 0 Å². The van der Waals surface area contributed by atoms with E-state index in [1.54, 1.807) is 24.3 Å². The summed E-state index contributed by atoms with van der Waals surface area (Å²) in [5.41, 5.74) is 0.0743. The summed E-state index contributed by atoms with van der Waals surface area (Å²) in [6.07, 6.45) is 1.31. The van der Waals surface area contributed by atoms with Gasteiger partial charge in [0.1, 0.15) is 0 Å². The molecule has 70 valence electrons. The minimum Gasteiger partial charge on any atom is -0.423 e. The van der Waals surface area contributed by atoms with E-state index in [1.807, 2.05) is 0 Å². The number of H-pyrrole nitrogens is 1. The maximum absolute atomic E-state index is 11.3. The van der Waals surface area contributed by atoms with Crippen LogP contribution in [-0.4, -0.2) is 22.2 Å². The Morgan fingerprint density at radius 2 is 1.79 bits per heavy atom. The number of aromatic amines is 1. The molecule has 0 spiro atoms. The highest BCUT2D eigenvalue weighted by Crippen LogP contribution is 2.05. The van der Waals surface area contributed by atoms with E-state index in [4.69, 9.17) is 10.0 Å². The molecule has 1 aromatic heterocycles. The summed E-state index contributed by atoms with van der Waals surface area (Å²) in [4.78, 5) is 13.8. The lowest BCUT2D eigenvalue weighted by molar-refractivity contribution is 0.426. The fourth-order valence-corrected chi connectivity index (χ4v) is 1.45. The Hall–Kier alpha value is -1.59. The summed E-state index contributed by atoms with van der Waals surface area (Å²) in [5, 5.41) is 19.1. The minimum absolute atomic E-state index is 0.231. The Morgan fingerprint density at radius 3 is 2.43 bits per heavy atom. The SMILES string of the molecule is O=c1[nH]cc(B(O)O)c2ccccc12. The van der Waals surface area contributed by atoms with Gasteiger partial charge in [-0.1, -0.05) is 18.2 Å².